The summed E-state index contributed by atoms with van der Waals surface area (Å²) in [6.07, 6.45) is 2.47. The smallest absolute Gasteiger partial charge is 0.193 e. The molecule has 1 aliphatic rings. The molecule has 0 aliphatic heterocycles. The molecule has 0 radical (unpaired) electrons. The molecule has 7 heteroatoms. The Balaban J connectivity index is 1.86. The summed E-state index contributed by atoms with van der Waals surface area (Å²) < 4.78 is 20.0. The molecule has 0 N–H and O–H groups in total. The van der Waals surface area contributed by atoms with E-state index >= 15 is 0 Å². The largest absolute Gasteiger partial charge is 0.406 e. The van der Waals surface area contributed by atoms with Gasteiger partial charge in [-0.1, -0.05) is 114 Å². The van der Waals surface area contributed by atoms with E-state index in [9.17, 15) is 4.79 Å². The normalized spacial score (nSPS) is 20.6. The van der Waals surface area contributed by atoms with Crippen LogP contribution in [-0.2, 0) is 18.2 Å². The topological polar surface area (TPSA) is 44.8 Å². The van der Waals surface area contributed by atoms with Gasteiger partial charge in [0.25, 0.3) is 0 Å². The number of Topliss-reactive ketones (excluding diaryl/α,β-unsaturated/α-hetero) is 1. The lowest BCUT2D eigenvalue weighted by Gasteiger charge is -2.44. The van der Waals surface area contributed by atoms with E-state index in [2.05, 4.69) is 122 Å². The highest BCUT2D eigenvalue weighted by Crippen LogP contribution is 2.42. The van der Waals surface area contributed by atoms with Crippen molar-refractivity contribution >= 4 is 41.2 Å². The molecule has 214 valence electrons. The lowest BCUT2D eigenvalue weighted by Crippen LogP contribution is -2.53. The van der Waals surface area contributed by atoms with Crippen LogP contribution < -0.4 is 10.6 Å². The maximum atomic E-state index is 13.8. The summed E-state index contributed by atoms with van der Waals surface area (Å²) >= 11 is 0. The van der Waals surface area contributed by atoms with Gasteiger partial charge in [-0.05, 0) is 36.3 Å². The zero-order valence-corrected chi connectivity index (χ0v) is 28.6. The molecule has 2 aromatic rings. The van der Waals surface area contributed by atoms with Gasteiger partial charge in [0.2, 0.25) is 0 Å². The number of hydrogen-bond donors (Lipinski definition) is 0. The molecule has 0 saturated heterocycles. The van der Waals surface area contributed by atoms with Crippen LogP contribution in [0, 0.1) is 0 Å². The summed E-state index contributed by atoms with van der Waals surface area (Å²) in [5.74, 6) is 0.110. The number of carbonyl (C=O) groups excluding carboxylic acids is 1. The van der Waals surface area contributed by atoms with Crippen LogP contribution in [0.5, 0.6) is 0 Å². The standard InChI is InChI=1S/C32H49O4PSi2/c1-31(2,3)38(7,8)35-28-23-25(24-29(30(28)33)36-39(9,10)32(4,5)6)21-22-34-37(26-17-13-11-14-18-26)27-19-15-12-16-20-27/h11-21,28-29H,22-24H2,1-10H3/b25-21-/t28-,29+/m0/s1. The number of ketones is 1. The average Bonchev–Trinajstić information content (AvgIpc) is 2.84. The summed E-state index contributed by atoms with van der Waals surface area (Å²) in [4.78, 5) is 13.8. The summed E-state index contributed by atoms with van der Waals surface area (Å²) in [5.41, 5.74) is 1.19. The molecule has 0 amide bonds. The van der Waals surface area contributed by atoms with Crippen molar-refractivity contribution in [1.82, 2.24) is 0 Å². The van der Waals surface area contributed by atoms with Crippen LogP contribution in [0.25, 0.3) is 0 Å². The quantitative estimate of drug-likeness (QED) is 0.170. The highest BCUT2D eigenvalue weighted by molar-refractivity contribution is 7.68. The van der Waals surface area contributed by atoms with Crippen molar-refractivity contribution in [2.45, 2.75) is 103 Å². The van der Waals surface area contributed by atoms with Crippen molar-refractivity contribution in [3.05, 3.63) is 72.3 Å². The zero-order valence-electron chi connectivity index (χ0n) is 25.7. The summed E-state index contributed by atoms with van der Waals surface area (Å²) in [7, 11) is -5.24. The molecule has 1 saturated carbocycles. The van der Waals surface area contributed by atoms with Crippen LogP contribution in [0.1, 0.15) is 54.4 Å². The van der Waals surface area contributed by atoms with Crippen molar-refractivity contribution in [3.63, 3.8) is 0 Å². The van der Waals surface area contributed by atoms with Crippen LogP contribution >= 0.6 is 8.15 Å². The van der Waals surface area contributed by atoms with Crippen molar-refractivity contribution in [2.75, 3.05) is 6.61 Å². The van der Waals surface area contributed by atoms with E-state index in [4.69, 9.17) is 13.4 Å². The highest BCUT2D eigenvalue weighted by atomic mass is 31.1. The van der Waals surface area contributed by atoms with Gasteiger partial charge in [0.15, 0.2) is 22.4 Å². The van der Waals surface area contributed by atoms with Gasteiger partial charge in [0.1, 0.15) is 12.2 Å². The molecule has 0 aromatic heterocycles. The Labute approximate surface area is 240 Å². The van der Waals surface area contributed by atoms with E-state index in [0.29, 0.717) is 19.4 Å². The van der Waals surface area contributed by atoms with Crippen LogP contribution in [0.3, 0.4) is 0 Å². The third-order valence-electron chi connectivity index (χ3n) is 8.57. The Bertz CT molecular complexity index is 1040. The molecule has 4 nitrogen and oxygen atoms in total. The summed E-state index contributed by atoms with van der Waals surface area (Å²) in [6, 6.07) is 20.9. The van der Waals surface area contributed by atoms with Crippen molar-refractivity contribution in [1.29, 1.82) is 0 Å². The maximum Gasteiger partial charge on any atom is 0.193 e. The molecule has 1 fully saturated rings. The van der Waals surface area contributed by atoms with Gasteiger partial charge < -0.3 is 13.4 Å². The number of rotatable bonds is 9. The van der Waals surface area contributed by atoms with E-state index in [-0.39, 0.29) is 15.9 Å². The molecular formula is C32H49O4PSi2. The van der Waals surface area contributed by atoms with Gasteiger partial charge in [-0.25, -0.2) is 0 Å². The third kappa shape index (κ3) is 8.31. The number of carbonyl (C=O) groups is 1. The fourth-order valence-corrected chi connectivity index (χ4v) is 8.29. The molecule has 2 atom stereocenters. The number of hydrogen-bond acceptors (Lipinski definition) is 4. The minimum atomic E-state index is -2.15. The molecule has 0 bridgehead atoms. The van der Waals surface area contributed by atoms with Gasteiger partial charge in [-0.2, -0.15) is 0 Å². The fourth-order valence-electron chi connectivity index (χ4n) is 4.05. The third-order valence-corrected chi connectivity index (χ3v) is 19.5. The van der Waals surface area contributed by atoms with Crippen LogP contribution in [-0.4, -0.2) is 41.2 Å². The van der Waals surface area contributed by atoms with Crippen LogP contribution in [0.4, 0.5) is 0 Å². The van der Waals surface area contributed by atoms with Gasteiger partial charge in [-0.15, -0.1) is 0 Å². The Morgan fingerprint density at radius 3 is 1.49 bits per heavy atom. The first-order valence-electron chi connectivity index (χ1n) is 14.1. The van der Waals surface area contributed by atoms with Gasteiger partial charge in [-0.3, -0.25) is 4.79 Å². The molecule has 1 aliphatic carbocycles. The second-order valence-corrected chi connectivity index (χ2v) is 25.1. The second kappa shape index (κ2) is 12.6. The van der Waals surface area contributed by atoms with Crippen LogP contribution in [0.15, 0.2) is 72.3 Å². The van der Waals surface area contributed by atoms with E-state index in [1.807, 2.05) is 12.1 Å². The molecule has 2 aromatic carbocycles. The molecule has 39 heavy (non-hydrogen) atoms. The Kier molecular flexibility index (Phi) is 10.4. The maximum absolute atomic E-state index is 13.8. The monoisotopic (exact) mass is 584 g/mol. The Morgan fingerprint density at radius 1 is 0.744 bits per heavy atom. The molecule has 0 unspecified atom stereocenters. The van der Waals surface area contributed by atoms with Gasteiger partial charge in [0, 0.05) is 23.5 Å². The average molecular weight is 585 g/mol. The molecule has 3 rings (SSSR count). The van der Waals surface area contributed by atoms with E-state index < -0.39 is 37.0 Å². The second-order valence-electron chi connectivity index (χ2n) is 13.7. The molecule has 0 heterocycles. The highest BCUT2D eigenvalue weighted by Gasteiger charge is 2.47. The fraction of sp³-hybridized carbons (Fsp3) is 0.531. The first kappa shape index (κ1) is 32.1. The van der Waals surface area contributed by atoms with Gasteiger partial charge in [0.05, 0.1) is 14.8 Å². The van der Waals surface area contributed by atoms with Gasteiger partial charge >= 0.3 is 0 Å². The van der Waals surface area contributed by atoms with Crippen molar-refractivity contribution in [3.8, 4) is 0 Å². The lowest BCUT2D eigenvalue weighted by molar-refractivity contribution is -0.135. The zero-order chi connectivity index (χ0) is 29.1. The van der Waals surface area contributed by atoms with Crippen LogP contribution in [0.2, 0.25) is 36.3 Å². The van der Waals surface area contributed by atoms with Crippen molar-refractivity contribution < 1.29 is 18.2 Å². The minimum Gasteiger partial charge on any atom is -0.406 e. The first-order valence-corrected chi connectivity index (χ1v) is 21.2. The van der Waals surface area contributed by atoms with E-state index in [1.165, 1.54) is 16.2 Å². The molecule has 0 spiro atoms. The van der Waals surface area contributed by atoms with Crippen molar-refractivity contribution in [2.24, 2.45) is 0 Å². The lowest BCUT2D eigenvalue weighted by atomic mass is 9.89. The predicted octanol–water partition coefficient (Wildman–Crippen LogP) is 8.12. The van der Waals surface area contributed by atoms with E-state index in [1.54, 1.807) is 0 Å². The predicted molar refractivity (Wildman–Crippen MR) is 171 cm³/mol. The number of benzene rings is 2. The minimum absolute atomic E-state index is 0.0225. The first-order chi connectivity index (χ1) is 18.0. The Morgan fingerprint density at radius 2 is 1.13 bits per heavy atom. The Hall–Kier alpha value is -1.41. The molecular weight excluding hydrogens is 535 g/mol. The summed E-state index contributed by atoms with van der Waals surface area (Å²) in [6.45, 7) is 22.7. The summed E-state index contributed by atoms with van der Waals surface area (Å²) in [5, 5.41) is 2.42. The van der Waals surface area contributed by atoms with E-state index in [0.717, 1.165) is 0 Å². The SMILES string of the molecule is CC(C)(C)[Si](C)(C)O[C@H]1C/C(=C/COP(c2ccccc2)c2ccccc2)C[C@@H](O[Si](C)(C)C(C)(C)C)C1=O.